The van der Waals surface area contributed by atoms with Crippen LogP contribution in [-0.4, -0.2) is 5.78 Å². The molecule has 1 nitrogen and oxygen atoms in total. The van der Waals surface area contributed by atoms with Gasteiger partial charge >= 0.3 is 0 Å². The number of hydrogen-bond donors (Lipinski definition) is 0. The molecule has 0 unspecified atom stereocenters. The van der Waals surface area contributed by atoms with E-state index in [-0.39, 0.29) is 0 Å². The van der Waals surface area contributed by atoms with Crippen molar-refractivity contribution in [3.8, 4) is 0 Å². The molecule has 0 radical (unpaired) electrons. The molecule has 1 aromatic rings. The van der Waals surface area contributed by atoms with E-state index in [1.54, 1.807) is 0 Å². The molecule has 0 amide bonds. The van der Waals surface area contributed by atoms with E-state index < -0.39 is 0 Å². The minimum atomic E-state index is 0.292. The molecule has 0 heterocycles. The first-order chi connectivity index (χ1) is 7.29. The van der Waals surface area contributed by atoms with E-state index in [1.165, 1.54) is 19.3 Å². The molecular weight excluding hydrogens is 184 g/mol. The van der Waals surface area contributed by atoms with E-state index in [9.17, 15) is 4.79 Å². The fourth-order valence-electron chi connectivity index (χ4n) is 2.43. The summed E-state index contributed by atoms with van der Waals surface area (Å²) in [4.78, 5) is 12.2. The van der Waals surface area contributed by atoms with E-state index in [4.69, 9.17) is 0 Å². The molecule has 1 aromatic carbocycles. The highest BCUT2D eigenvalue weighted by molar-refractivity contribution is 5.99. The Bertz CT molecular complexity index is 348. The van der Waals surface area contributed by atoms with Crippen LogP contribution in [0.2, 0.25) is 0 Å². The van der Waals surface area contributed by atoms with Crippen molar-refractivity contribution in [3.63, 3.8) is 0 Å². The number of Topliss-reactive ketones (excluding diaryl/α,β-unsaturated/α-hetero) is 1. The zero-order valence-corrected chi connectivity index (χ0v) is 9.33. The minimum Gasteiger partial charge on any atom is -0.294 e. The number of benzene rings is 1. The topological polar surface area (TPSA) is 17.1 Å². The van der Waals surface area contributed by atoms with Gasteiger partial charge in [0, 0.05) is 11.5 Å². The normalized spacial score (nSPS) is 17.7. The van der Waals surface area contributed by atoms with Crippen LogP contribution >= 0.6 is 0 Å². The lowest BCUT2D eigenvalue weighted by molar-refractivity contribution is 0.0889. The van der Waals surface area contributed by atoms with Crippen LogP contribution in [0, 0.1) is 12.8 Å². The zero-order chi connectivity index (χ0) is 10.7. The summed E-state index contributed by atoms with van der Waals surface area (Å²) in [5.74, 6) is 0.660. The maximum absolute atomic E-state index is 12.2. The summed E-state index contributed by atoms with van der Waals surface area (Å²) in [6.45, 7) is 2.02. The van der Waals surface area contributed by atoms with Gasteiger partial charge in [0.1, 0.15) is 0 Å². The molecule has 80 valence electrons. The van der Waals surface area contributed by atoms with Crippen LogP contribution in [0.25, 0.3) is 0 Å². The Balaban J connectivity index is 2.16. The first-order valence-electron chi connectivity index (χ1n) is 5.89. The van der Waals surface area contributed by atoms with Crippen molar-refractivity contribution in [2.75, 3.05) is 0 Å². The van der Waals surface area contributed by atoms with Gasteiger partial charge in [-0.2, -0.15) is 0 Å². The van der Waals surface area contributed by atoms with Gasteiger partial charge in [0.05, 0.1) is 0 Å². The molecule has 0 aliphatic heterocycles. The molecule has 0 aromatic heterocycles. The Morgan fingerprint density at radius 3 is 2.47 bits per heavy atom. The summed E-state index contributed by atoms with van der Waals surface area (Å²) in [7, 11) is 0. The molecule has 1 saturated carbocycles. The number of rotatable bonds is 2. The van der Waals surface area contributed by atoms with Gasteiger partial charge in [-0.1, -0.05) is 43.5 Å². The molecule has 2 rings (SSSR count). The third-order valence-electron chi connectivity index (χ3n) is 3.39. The van der Waals surface area contributed by atoms with E-state index in [0.717, 1.165) is 24.0 Å². The lowest BCUT2D eigenvalue weighted by Gasteiger charge is -2.20. The summed E-state index contributed by atoms with van der Waals surface area (Å²) in [5, 5.41) is 0. The van der Waals surface area contributed by atoms with Crippen LogP contribution in [-0.2, 0) is 0 Å². The summed E-state index contributed by atoms with van der Waals surface area (Å²) in [6, 6.07) is 7.94. The number of carbonyl (C=O) groups is 1. The van der Waals surface area contributed by atoms with Gasteiger partial charge in [0.25, 0.3) is 0 Å². The monoisotopic (exact) mass is 202 g/mol. The molecular formula is C14H18O. The second-order valence-corrected chi connectivity index (χ2v) is 4.51. The Morgan fingerprint density at radius 1 is 1.13 bits per heavy atom. The lowest BCUT2D eigenvalue weighted by Crippen LogP contribution is -2.18. The van der Waals surface area contributed by atoms with Gasteiger partial charge in [-0.05, 0) is 25.3 Å². The largest absolute Gasteiger partial charge is 0.294 e. The fraction of sp³-hybridized carbons (Fsp3) is 0.500. The quantitative estimate of drug-likeness (QED) is 0.667. The third-order valence-corrected chi connectivity index (χ3v) is 3.39. The highest BCUT2D eigenvalue weighted by atomic mass is 16.1. The van der Waals surface area contributed by atoms with Crippen molar-refractivity contribution in [1.82, 2.24) is 0 Å². The maximum atomic E-state index is 12.2. The van der Waals surface area contributed by atoms with E-state index in [0.29, 0.717) is 11.7 Å². The fourth-order valence-corrected chi connectivity index (χ4v) is 2.43. The van der Waals surface area contributed by atoms with Gasteiger partial charge in [-0.25, -0.2) is 0 Å². The van der Waals surface area contributed by atoms with Crippen molar-refractivity contribution < 1.29 is 4.79 Å². The van der Waals surface area contributed by atoms with Gasteiger partial charge in [0.15, 0.2) is 5.78 Å². The summed E-state index contributed by atoms with van der Waals surface area (Å²) in [5.41, 5.74) is 2.05. The average molecular weight is 202 g/mol. The number of aryl methyl sites for hydroxylation is 1. The van der Waals surface area contributed by atoms with Crippen molar-refractivity contribution in [2.45, 2.75) is 39.0 Å². The van der Waals surface area contributed by atoms with Crippen LogP contribution in [0.3, 0.4) is 0 Å². The number of carbonyl (C=O) groups excluding carboxylic acids is 1. The first-order valence-corrected chi connectivity index (χ1v) is 5.89. The smallest absolute Gasteiger partial charge is 0.166 e. The second-order valence-electron chi connectivity index (χ2n) is 4.51. The van der Waals surface area contributed by atoms with Crippen molar-refractivity contribution in [2.24, 2.45) is 5.92 Å². The van der Waals surface area contributed by atoms with Crippen molar-refractivity contribution in [1.29, 1.82) is 0 Å². The van der Waals surface area contributed by atoms with Gasteiger partial charge in [-0.3, -0.25) is 4.79 Å². The second kappa shape index (κ2) is 4.61. The molecule has 1 heteroatoms. The summed E-state index contributed by atoms with van der Waals surface area (Å²) < 4.78 is 0. The standard InChI is InChI=1S/C14H18O/c1-11-7-5-6-10-13(11)14(15)12-8-3-2-4-9-12/h5-7,10,12H,2-4,8-9H2,1H3. The highest BCUT2D eigenvalue weighted by Crippen LogP contribution is 2.27. The maximum Gasteiger partial charge on any atom is 0.166 e. The highest BCUT2D eigenvalue weighted by Gasteiger charge is 2.22. The van der Waals surface area contributed by atoms with Gasteiger partial charge in [0.2, 0.25) is 0 Å². The van der Waals surface area contributed by atoms with Crippen molar-refractivity contribution >= 4 is 5.78 Å². The van der Waals surface area contributed by atoms with Gasteiger partial charge in [-0.15, -0.1) is 0 Å². The molecule has 1 aliphatic rings. The Kier molecular flexibility index (Phi) is 3.20. The van der Waals surface area contributed by atoms with Crippen LogP contribution in [0.4, 0.5) is 0 Å². The third kappa shape index (κ3) is 2.28. The lowest BCUT2D eigenvalue weighted by atomic mass is 9.83. The van der Waals surface area contributed by atoms with Crippen LogP contribution in [0.1, 0.15) is 48.0 Å². The Labute approximate surface area is 91.5 Å². The van der Waals surface area contributed by atoms with E-state index in [2.05, 4.69) is 0 Å². The van der Waals surface area contributed by atoms with E-state index in [1.807, 2.05) is 31.2 Å². The first kappa shape index (κ1) is 10.4. The Morgan fingerprint density at radius 2 is 1.80 bits per heavy atom. The molecule has 0 spiro atoms. The number of ketones is 1. The predicted molar refractivity (Wildman–Crippen MR) is 62.1 cm³/mol. The van der Waals surface area contributed by atoms with Crippen LogP contribution in [0.5, 0.6) is 0 Å². The predicted octanol–water partition coefficient (Wildman–Crippen LogP) is 3.76. The Hall–Kier alpha value is -1.11. The van der Waals surface area contributed by atoms with Crippen LogP contribution < -0.4 is 0 Å². The van der Waals surface area contributed by atoms with Gasteiger partial charge < -0.3 is 0 Å². The number of hydrogen-bond acceptors (Lipinski definition) is 1. The molecule has 15 heavy (non-hydrogen) atoms. The SMILES string of the molecule is Cc1ccccc1C(=O)C1CCCCC1. The van der Waals surface area contributed by atoms with Crippen LogP contribution in [0.15, 0.2) is 24.3 Å². The zero-order valence-electron chi connectivity index (χ0n) is 9.33. The average Bonchev–Trinajstić information content (AvgIpc) is 2.30. The summed E-state index contributed by atoms with van der Waals surface area (Å²) >= 11 is 0. The molecule has 0 saturated heterocycles. The summed E-state index contributed by atoms with van der Waals surface area (Å²) in [6.07, 6.45) is 5.93. The molecule has 1 aliphatic carbocycles. The van der Waals surface area contributed by atoms with Crippen molar-refractivity contribution in [3.05, 3.63) is 35.4 Å². The molecule has 0 N–H and O–H groups in total. The molecule has 0 atom stereocenters. The minimum absolute atomic E-state index is 0.292. The molecule has 0 bridgehead atoms. The molecule has 1 fully saturated rings. The van der Waals surface area contributed by atoms with E-state index >= 15 is 0 Å².